The van der Waals surface area contributed by atoms with E-state index in [2.05, 4.69) is 27.1 Å². The van der Waals surface area contributed by atoms with Crippen LogP contribution in [-0.4, -0.2) is 60.0 Å². The Hall–Kier alpha value is -1.53. The summed E-state index contributed by atoms with van der Waals surface area (Å²) in [6.07, 6.45) is 2.53. The summed E-state index contributed by atoms with van der Waals surface area (Å²) in [7, 11) is 0. The van der Waals surface area contributed by atoms with E-state index in [9.17, 15) is 4.79 Å². The van der Waals surface area contributed by atoms with Gasteiger partial charge in [0, 0.05) is 26.1 Å². The molecule has 1 saturated heterocycles. The van der Waals surface area contributed by atoms with Gasteiger partial charge in [0.25, 0.3) is 0 Å². The lowest BCUT2D eigenvalue weighted by atomic mass is 9.86. The van der Waals surface area contributed by atoms with E-state index in [0.29, 0.717) is 18.3 Å². The summed E-state index contributed by atoms with van der Waals surface area (Å²) in [5.41, 5.74) is 2.47. The summed E-state index contributed by atoms with van der Waals surface area (Å²) >= 11 is 0. The van der Waals surface area contributed by atoms with Gasteiger partial charge in [0.2, 0.25) is 5.95 Å². The minimum absolute atomic E-state index is 0.190. The van der Waals surface area contributed by atoms with Crippen molar-refractivity contribution in [3.8, 4) is 0 Å². The molecule has 1 aliphatic carbocycles. The van der Waals surface area contributed by atoms with Gasteiger partial charge in [-0.1, -0.05) is 6.92 Å². The normalized spacial score (nSPS) is 22.0. The van der Waals surface area contributed by atoms with E-state index in [1.165, 1.54) is 0 Å². The zero-order valence-corrected chi connectivity index (χ0v) is 14.1. The number of nitrogens with zero attached hydrogens (tertiary/aromatic N) is 3. The Morgan fingerprint density at radius 1 is 1.26 bits per heavy atom. The Balaban J connectivity index is 1.55. The second-order valence-electron chi connectivity index (χ2n) is 6.63. The first-order valence-electron chi connectivity index (χ1n) is 8.58. The van der Waals surface area contributed by atoms with E-state index in [1.807, 2.05) is 6.92 Å². The molecule has 3 rings (SSSR count). The number of hydrogen-bond donors (Lipinski definition) is 1. The highest BCUT2D eigenvalue weighted by Crippen LogP contribution is 2.26. The van der Waals surface area contributed by atoms with Crippen molar-refractivity contribution >= 4 is 11.7 Å². The van der Waals surface area contributed by atoms with Crippen LogP contribution in [0.15, 0.2) is 0 Å². The summed E-state index contributed by atoms with van der Waals surface area (Å²) < 4.78 is 5.35. The molecule has 0 radical (unpaired) electrons. The molecule has 0 bridgehead atoms. The number of ketones is 1. The number of nitrogens with one attached hydrogen (secondary N) is 1. The van der Waals surface area contributed by atoms with Crippen molar-refractivity contribution in [3.05, 3.63) is 17.0 Å². The summed E-state index contributed by atoms with van der Waals surface area (Å²) in [5, 5.41) is 3.31. The fourth-order valence-corrected chi connectivity index (χ4v) is 3.37. The molecule has 0 aromatic carbocycles. The average molecular weight is 318 g/mol. The standard InChI is InChI=1S/C17H26N4O2/c1-12-10-14-16(15(22)11-12)13(2)19-17(20-14)18-4-3-5-21-6-8-23-9-7-21/h12H,3-11H2,1-2H3,(H,18,19,20)/t12-/m0/s1. The number of carbonyl (C=O) groups is 1. The Morgan fingerprint density at radius 2 is 2.04 bits per heavy atom. The van der Waals surface area contributed by atoms with Crippen LogP contribution in [0.3, 0.4) is 0 Å². The third-order valence-electron chi connectivity index (χ3n) is 4.56. The maximum atomic E-state index is 12.1. The van der Waals surface area contributed by atoms with E-state index in [0.717, 1.165) is 69.2 Å². The van der Waals surface area contributed by atoms with Crippen LogP contribution in [0, 0.1) is 12.8 Å². The minimum atomic E-state index is 0.190. The first kappa shape index (κ1) is 16.3. The summed E-state index contributed by atoms with van der Waals surface area (Å²) in [5.74, 6) is 1.22. The molecule has 1 aromatic heterocycles. The number of aryl methyl sites for hydroxylation is 1. The van der Waals surface area contributed by atoms with Crippen molar-refractivity contribution < 1.29 is 9.53 Å². The number of carbonyl (C=O) groups excluding carboxylic acids is 1. The van der Waals surface area contributed by atoms with E-state index in [-0.39, 0.29) is 5.78 Å². The van der Waals surface area contributed by atoms with Crippen LogP contribution in [0.1, 0.15) is 41.5 Å². The highest BCUT2D eigenvalue weighted by molar-refractivity contribution is 5.99. The molecule has 2 aliphatic rings. The maximum absolute atomic E-state index is 12.1. The average Bonchev–Trinajstić information content (AvgIpc) is 2.51. The molecule has 1 aromatic rings. The van der Waals surface area contributed by atoms with Gasteiger partial charge in [-0.2, -0.15) is 0 Å². The first-order valence-corrected chi connectivity index (χ1v) is 8.58. The number of aromatic nitrogens is 2. The molecule has 1 atom stereocenters. The van der Waals surface area contributed by atoms with E-state index < -0.39 is 0 Å². The number of ether oxygens (including phenoxy) is 1. The molecule has 6 nitrogen and oxygen atoms in total. The molecule has 0 amide bonds. The fourth-order valence-electron chi connectivity index (χ4n) is 3.37. The predicted octanol–water partition coefficient (Wildman–Crippen LogP) is 1.68. The van der Waals surface area contributed by atoms with Crippen molar-refractivity contribution in [3.63, 3.8) is 0 Å². The topological polar surface area (TPSA) is 67.3 Å². The number of hydrogen-bond acceptors (Lipinski definition) is 6. The molecule has 0 spiro atoms. The molecular weight excluding hydrogens is 292 g/mol. The van der Waals surface area contributed by atoms with Gasteiger partial charge in [0.15, 0.2) is 5.78 Å². The second kappa shape index (κ2) is 7.36. The Bertz CT molecular complexity index is 570. The van der Waals surface area contributed by atoms with Crippen LogP contribution in [0.2, 0.25) is 0 Å². The van der Waals surface area contributed by atoms with Crippen LogP contribution in [-0.2, 0) is 11.2 Å². The Morgan fingerprint density at radius 3 is 2.83 bits per heavy atom. The fraction of sp³-hybridized carbons (Fsp3) is 0.706. The monoisotopic (exact) mass is 318 g/mol. The second-order valence-corrected chi connectivity index (χ2v) is 6.63. The van der Waals surface area contributed by atoms with Gasteiger partial charge in [-0.15, -0.1) is 0 Å². The SMILES string of the molecule is Cc1nc(NCCCN2CCOCC2)nc2c1C(=O)C[C@@H](C)C2. The van der Waals surface area contributed by atoms with Crippen molar-refractivity contribution in [1.82, 2.24) is 14.9 Å². The van der Waals surface area contributed by atoms with Crippen LogP contribution in [0.5, 0.6) is 0 Å². The number of morpholine rings is 1. The molecule has 2 heterocycles. The summed E-state index contributed by atoms with van der Waals surface area (Å²) in [4.78, 5) is 23.6. The van der Waals surface area contributed by atoms with E-state index >= 15 is 0 Å². The highest BCUT2D eigenvalue weighted by Gasteiger charge is 2.26. The third-order valence-corrected chi connectivity index (χ3v) is 4.56. The summed E-state index contributed by atoms with van der Waals surface area (Å²) in [6.45, 7) is 9.65. The van der Waals surface area contributed by atoms with Crippen molar-refractivity contribution in [2.24, 2.45) is 5.92 Å². The van der Waals surface area contributed by atoms with Crippen LogP contribution >= 0.6 is 0 Å². The molecule has 1 N–H and O–H groups in total. The highest BCUT2D eigenvalue weighted by atomic mass is 16.5. The summed E-state index contributed by atoms with van der Waals surface area (Å²) in [6, 6.07) is 0. The van der Waals surface area contributed by atoms with Gasteiger partial charge >= 0.3 is 0 Å². The van der Waals surface area contributed by atoms with E-state index in [1.54, 1.807) is 0 Å². The van der Waals surface area contributed by atoms with Crippen molar-refractivity contribution in [2.45, 2.75) is 33.1 Å². The molecular formula is C17H26N4O2. The molecule has 1 aliphatic heterocycles. The smallest absolute Gasteiger partial charge is 0.223 e. The van der Waals surface area contributed by atoms with Gasteiger partial charge in [0.1, 0.15) is 0 Å². The largest absolute Gasteiger partial charge is 0.379 e. The molecule has 0 unspecified atom stereocenters. The maximum Gasteiger partial charge on any atom is 0.223 e. The number of anilines is 1. The zero-order chi connectivity index (χ0) is 16.2. The minimum Gasteiger partial charge on any atom is -0.379 e. The molecule has 126 valence electrons. The number of rotatable bonds is 5. The molecule has 0 saturated carbocycles. The van der Waals surface area contributed by atoms with Gasteiger partial charge in [-0.3, -0.25) is 9.69 Å². The van der Waals surface area contributed by atoms with Crippen LogP contribution in [0.25, 0.3) is 0 Å². The zero-order valence-electron chi connectivity index (χ0n) is 14.1. The van der Waals surface area contributed by atoms with Gasteiger partial charge in [0.05, 0.1) is 30.2 Å². The van der Waals surface area contributed by atoms with Crippen molar-refractivity contribution in [1.29, 1.82) is 0 Å². The van der Waals surface area contributed by atoms with Gasteiger partial charge in [-0.25, -0.2) is 9.97 Å². The lowest BCUT2D eigenvalue weighted by Crippen LogP contribution is -2.37. The van der Waals surface area contributed by atoms with Gasteiger partial charge < -0.3 is 10.1 Å². The van der Waals surface area contributed by atoms with Crippen molar-refractivity contribution in [2.75, 3.05) is 44.7 Å². The van der Waals surface area contributed by atoms with Crippen LogP contribution in [0.4, 0.5) is 5.95 Å². The quantitative estimate of drug-likeness (QED) is 0.833. The molecule has 1 fully saturated rings. The number of Topliss-reactive ketones (excluding diaryl/α,β-unsaturated/α-hetero) is 1. The lowest BCUT2D eigenvalue weighted by Gasteiger charge is -2.26. The van der Waals surface area contributed by atoms with Gasteiger partial charge in [-0.05, 0) is 32.2 Å². The Labute approximate surface area is 137 Å². The first-order chi connectivity index (χ1) is 11.1. The lowest BCUT2D eigenvalue weighted by molar-refractivity contribution is 0.0378. The molecule has 23 heavy (non-hydrogen) atoms. The predicted molar refractivity (Wildman–Crippen MR) is 89.0 cm³/mol. The number of fused-ring (bicyclic) bond motifs is 1. The molecule has 6 heteroatoms. The van der Waals surface area contributed by atoms with E-state index in [4.69, 9.17) is 4.74 Å². The Kier molecular flexibility index (Phi) is 5.23. The third kappa shape index (κ3) is 4.06. The van der Waals surface area contributed by atoms with Crippen LogP contribution < -0.4 is 5.32 Å².